The molecule has 0 saturated carbocycles. The summed E-state index contributed by atoms with van der Waals surface area (Å²) in [5.74, 6) is 0. The second kappa shape index (κ2) is 6.01. The van der Waals surface area contributed by atoms with Gasteiger partial charge in [-0.1, -0.05) is 17.7 Å². The largest absolute Gasteiger partial charge is 0.312 e. The maximum absolute atomic E-state index is 6.32. The number of rotatable bonds is 5. The van der Waals surface area contributed by atoms with E-state index >= 15 is 0 Å². The Morgan fingerprint density at radius 1 is 1.41 bits per heavy atom. The molecule has 1 atom stereocenters. The highest BCUT2D eigenvalue weighted by molar-refractivity contribution is 7.11. The number of halogens is 1. The van der Waals surface area contributed by atoms with Crippen molar-refractivity contribution in [2.75, 3.05) is 7.05 Å². The monoisotopic (exact) mass is 285 g/mol. The molecule has 1 unspecified atom stereocenters. The highest BCUT2D eigenvalue weighted by Crippen LogP contribution is 2.34. The van der Waals surface area contributed by atoms with Gasteiger partial charge >= 0.3 is 0 Å². The molecule has 92 valence electrons. The summed E-state index contributed by atoms with van der Waals surface area (Å²) in [6.45, 7) is 2.06. The molecule has 2 heterocycles. The molecule has 1 nitrogen and oxygen atoms in total. The number of hydrogen-bond donors (Lipinski definition) is 1. The van der Waals surface area contributed by atoms with E-state index < -0.39 is 0 Å². The van der Waals surface area contributed by atoms with Crippen LogP contribution in [-0.4, -0.2) is 7.05 Å². The quantitative estimate of drug-likeness (QED) is 0.842. The van der Waals surface area contributed by atoms with Crippen LogP contribution in [0.15, 0.2) is 22.9 Å². The molecule has 0 radical (unpaired) electrons. The van der Waals surface area contributed by atoms with Crippen LogP contribution in [0, 0.1) is 6.92 Å². The molecule has 0 bridgehead atoms. The van der Waals surface area contributed by atoms with Crippen LogP contribution in [0.1, 0.15) is 27.8 Å². The van der Waals surface area contributed by atoms with Crippen molar-refractivity contribution in [1.29, 1.82) is 0 Å². The molecular weight excluding hydrogens is 270 g/mol. The lowest BCUT2D eigenvalue weighted by Crippen LogP contribution is -2.16. The molecule has 2 aromatic rings. The summed E-state index contributed by atoms with van der Waals surface area (Å²) in [4.78, 5) is 2.71. The van der Waals surface area contributed by atoms with Gasteiger partial charge in [-0.05, 0) is 49.2 Å². The van der Waals surface area contributed by atoms with Gasteiger partial charge < -0.3 is 5.32 Å². The third kappa shape index (κ3) is 3.10. The van der Waals surface area contributed by atoms with Gasteiger partial charge in [0, 0.05) is 15.8 Å². The molecule has 0 spiro atoms. The van der Waals surface area contributed by atoms with Gasteiger partial charge in [-0.2, -0.15) is 0 Å². The zero-order valence-electron chi connectivity index (χ0n) is 10.00. The fourth-order valence-electron chi connectivity index (χ4n) is 1.83. The van der Waals surface area contributed by atoms with Gasteiger partial charge in [0.05, 0.1) is 5.02 Å². The molecule has 0 saturated heterocycles. The lowest BCUT2D eigenvalue weighted by atomic mass is 10.1. The average molecular weight is 286 g/mol. The van der Waals surface area contributed by atoms with E-state index in [2.05, 4.69) is 35.1 Å². The average Bonchev–Trinajstić information content (AvgIpc) is 2.94. The Morgan fingerprint density at radius 3 is 2.76 bits per heavy atom. The van der Waals surface area contributed by atoms with Crippen molar-refractivity contribution in [3.63, 3.8) is 0 Å². The molecule has 0 aliphatic rings. The minimum absolute atomic E-state index is 0.364. The maximum atomic E-state index is 6.32. The zero-order chi connectivity index (χ0) is 12.3. The van der Waals surface area contributed by atoms with Crippen molar-refractivity contribution in [3.05, 3.63) is 43.2 Å². The van der Waals surface area contributed by atoms with Crippen molar-refractivity contribution in [2.24, 2.45) is 0 Å². The van der Waals surface area contributed by atoms with Gasteiger partial charge in [0.25, 0.3) is 0 Å². The lowest BCUT2D eigenvalue weighted by molar-refractivity contribution is 0.560. The highest BCUT2D eigenvalue weighted by Gasteiger charge is 2.16. The predicted molar refractivity (Wildman–Crippen MR) is 78.5 cm³/mol. The van der Waals surface area contributed by atoms with Gasteiger partial charge in [0.1, 0.15) is 0 Å². The first kappa shape index (κ1) is 13.1. The number of hydrogen-bond acceptors (Lipinski definition) is 3. The van der Waals surface area contributed by atoms with Crippen LogP contribution in [0.4, 0.5) is 0 Å². The molecule has 1 N–H and O–H groups in total. The third-order valence-corrected chi connectivity index (χ3v) is 5.61. The van der Waals surface area contributed by atoms with E-state index in [1.807, 2.05) is 18.4 Å². The Hall–Kier alpha value is -0.350. The summed E-state index contributed by atoms with van der Waals surface area (Å²) in [7, 11) is 2.00. The normalized spacial score (nSPS) is 12.9. The Bertz CT molecular complexity index is 462. The lowest BCUT2D eigenvalue weighted by Gasteiger charge is -2.14. The summed E-state index contributed by atoms with van der Waals surface area (Å²) >= 11 is 9.89. The number of aryl methyl sites for hydroxylation is 2. The topological polar surface area (TPSA) is 12.0 Å². The Morgan fingerprint density at radius 2 is 2.24 bits per heavy atom. The van der Waals surface area contributed by atoms with Crippen LogP contribution in [0.2, 0.25) is 5.02 Å². The number of nitrogens with one attached hydrogen (secondary N) is 1. The molecule has 0 aliphatic heterocycles. The summed E-state index contributed by atoms with van der Waals surface area (Å²) in [6.07, 6.45) is 2.20. The van der Waals surface area contributed by atoms with Crippen LogP contribution < -0.4 is 5.32 Å². The van der Waals surface area contributed by atoms with E-state index in [9.17, 15) is 0 Å². The Balaban J connectivity index is 2.04. The second-order valence-electron chi connectivity index (χ2n) is 4.06. The fourth-order valence-corrected chi connectivity index (χ4v) is 4.03. The molecule has 2 rings (SSSR count). The molecule has 17 heavy (non-hydrogen) atoms. The van der Waals surface area contributed by atoms with Crippen molar-refractivity contribution < 1.29 is 0 Å². The fraction of sp³-hybridized carbons (Fsp3) is 0.385. The van der Waals surface area contributed by atoms with E-state index in [1.54, 1.807) is 11.3 Å². The Labute approximate surface area is 115 Å². The van der Waals surface area contributed by atoms with Gasteiger partial charge in [-0.15, -0.1) is 22.7 Å². The van der Waals surface area contributed by atoms with E-state index in [4.69, 9.17) is 11.6 Å². The Kier molecular flexibility index (Phi) is 4.62. The van der Waals surface area contributed by atoms with Crippen molar-refractivity contribution in [3.8, 4) is 0 Å². The van der Waals surface area contributed by atoms with Gasteiger partial charge in [-0.25, -0.2) is 0 Å². The predicted octanol–water partition coefficient (Wildman–Crippen LogP) is 4.66. The zero-order valence-corrected chi connectivity index (χ0v) is 12.4. The van der Waals surface area contributed by atoms with Gasteiger partial charge in [-0.3, -0.25) is 0 Å². The first-order valence-electron chi connectivity index (χ1n) is 5.65. The van der Waals surface area contributed by atoms with Crippen molar-refractivity contribution >= 4 is 34.3 Å². The van der Waals surface area contributed by atoms with Crippen LogP contribution >= 0.6 is 34.3 Å². The minimum Gasteiger partial charge on any atom is -0.312 e. The SMILES string of the molecule is CNC(CCc1cccs1)c1scc(C)c1Cl. The van der Waals surface area contributed by atoms with Crippen LogP contribution in [-0.2, 0) is 6.42 Å². The molecule has 2 aromatic heterocycles. The first-order chi connectivity index (χ1) is 8.22. The molecule has 0 amide bonds. The van der Waals surface area contributed by atoms with E-state index in [0.717, 1.165) is 17.9 Å². The van der Waals surface area contributed by atoms with Crippen molar-refractivity contribution in [2.45, 2.75) is 25.8 Å². The van der Waals surface area contributed by atoms with E-state index in [1.165, 1.54) is 15.3 Å². The highest BCUT2D eigenvalue weighted by atomic mass is 35.5. The summed E-state index contributed by atoms with van der Waals surface area (Å²) in [5.41, 5.74) is 1.18. The molecule has 0 fully saturated rings. The number of thiophene rings is 2. The maximum Gasteiger partial charge on any atom is 0.0590 e. The van der Waals surface area contributed by atoms with Crippen LogP contribution in [0.5, 0.6) is 0 Å². The molecular formula is C13H16ClNS2. The summed E-state index contributed by atoms with van der Waals surface area (Å²) in [6, 6.07) is 4.67. The second-order valence-corrected chi connectivity index (χ2v) is 6.38. The summed E-state index contributed by atoms with van der Waals surface area (Å²) in [5, 5.41) is 8.56. The van der Waals surface area contributed by atoms with Crippen molar-refractivity contribution in [1.82, 2.24) is 5.32 Å². The van der Waals surface area contributed by atoms with Gasteiger partial charge in [0.15, 0.2) is 0 Å². The molecule has 0 aliphatic carbocycles. The smallest absolute Gasteiger partial charge is 0.0590 e. The van der Waals surface area contributed by atoms with Gasteiger partial charge in [0.2, 0.25) is 0 Å². The molecule has 0 aromatic carbocycles. The minimum atomic E-state index is 0.364. The van der Waals surface area contributed by atoms with E-state index in [-0.39, 0.29) is 0 Å². The molecule has 4 heteroatoms. The first-order valence-corrected chi connectivity index (χ1v) is 7.79. The van der Waals surface area contributed by atoms with E-state index in [0.29, 0.717) is 6.04 Å². The standard InChI is InChI=1S/C13H16ClNS2/c1-9-8-17-13(12(9)14)11(15-2)6-5-10-4-3-7-16-10/h3-4,7-8,11,15H,5-6H2,1-2H3. The van der Waals surface area contributed by atoms with Crippen LogP contribution in [0.3, 0.4) is 0 Å². The summed E-state index contributed by atoms with van der Waals surface area (Å²) < 4.78 is 0. The van der Waals surface area contributed by atoms with Crippen LogP contribution in [0.25, 0.3) is 0 Å². The third-order valence-electron chi connectivity index (χ3n) is 2.85.